The van der Waals surface area contributed by atoms with Gasteiger partial charge in [0.15, 0.2) is 0 Å². The lowest BCUT2D eigenvalue weighted by Crippen LogP contribution is -2.39. The smallest absolute Gasteiger partial charge is 0.330 e. The summed E-state index contributed by atoms with van der Waals surface area (Å²) in [5.41, 5.74) is 0. The van der Waals surface area contributed by atoms with E-state index in [0.29, 0.717) is 24.1 Å². The van der Waals surface area contributed by atoms with Gasteiger partial charge >= 0.3 is 7.60 Å². The highest BCUT2D eigenvalue weighted by Gasteiger charge is 2.27. The molecule has 0 saturated carbocycles. The quantitative estimate of drug-likeness (QED) is 0.396. The van der Waals surface area contributed by atoms with Crippen LogP contribution in [-0.2, 0) is 13.8 Å². The normalized spacial score (nSPS) is 17.3. The van der Waals surface area contributed by atoms with E-state index in [4.69, 9.17) is 14.4 Å². The monoisotopic (exact) mass is 342 g/mol. The first-order valence-corrected chi connectivity index (χ1v) is 9.41. The van der Waals surface area contributed by atoms with Gasteiger partial charge in [-0.2, -0.15) is 0 Å². The largest absolute Gasteiger partial charge is 0.396 e. The van der Waals surface area contributed by atoms with Crippen LogP contribution in [0.25, 0.3) is 0 Å². The molecule has 0 aromatic carbocycles. The zero-order valence-corrected chi connectivity index (χ0v) is 15.9. The van der Waals surface area contributed by atoms with Crippen molar-refractivity contribution < 1.29 is 32.8 Å². The van der Waals surface area contributed by atoms with E-state index in [0.717, 1.165) is 11.0 Å². The molecular formula is C14H35N2O5P+2. The summed E-state index contributed by atoms with van der Waals surface area (Å²) in [5.74, 6) is 0. The highest BCUT2D eigenvalue weighted by molar-refractivity contribution is 7.52. The summed E-state index contributed by atoms with van der Waals surface area (Å²) in [5, 5.41) is 9.08. The maximum absolute atomic E-state index is 12.1. The van der Waals surface area contributed by atoms with Crippen LogP contribution in [0.4, 0.5) is 0 Å². The molecular weight excluding hydrogens is 307 g/mol. The van der Waals surface area contributed by atoms with Gasteiger partial charge in [-0.3, -0.25) is 4.57 Å². The molecule has 0 heterocycles. The maximum atomic E-state index is 12.1. The van der Waals surface area contributed by atoms with Crippen LogP contribution in [0.1, 0.15) is 6.42 Å². The number of likely N-dealkylation sites (N-methyl/N-ethyl adjacent to an activating group) is 2. The SMILES string of the molecule is C[N+](C)(C)CCOC(CCO)CP(=O)(O)OCC[N+](C)(C)C. The molecule has 0 aliphatic carbocycles. The van der Waals surface area contributed by atoms with Gasteiger partial charge in [-0.15, -0.1) is 0 Å². The highest BCUT2D eigenvalue weighted by atomic mass is 31.2. The van der Waals surface area contributed by atoms with E-state index in [2.05, 4.69) is 21.1 Å². The Balaban J connectivity index is 4.30. The molecule has 22 heavy (non-hydrogen) atoms. The second-order valence-corrected chi connectivity index (χ2v) is 9.58. The predicted molar refractivity (Wildman–Crippen MR) is 87.9 cm³/mol. The molecule has 2 atom stereocenters. The van der Waals surface area contributed by atoms with Crippen molar-refractivity contribution in [2.75, 3.05) is 81.4 Å². The van der Waals surface area contributed by atoms with Crippen molar-refractivity contribution in [3.05, 3.63) is 0 Å². The van der Waals surface area contributed by atoms with Crippen LogP contribution in [0, 0.1) is 0 Å². The van der Waals surface area contributed by atoms with Gasteiger partial charge in [-0.1, -0.05) is 0 Å². The van der Waals surface area contributed by atoms with Crippen LogP contribution in [0.5, 0.6) is 0 Å². The van der Waals surface area contributed by atoms with Crippen LogP contribution in [-0.4, -0.2) is 106 Å². The van der Waals surface area contributed by atoms with Crippen molar-refractivity contribution in [1.29, 1.82) is 0 Å². The van der Waals surface area contributed by atoms with E-state index in [9.17, 15) is 9.46 Å². The van der Waals surface area contributed by atoms with Crippen molar-refractivity contribution in [3.63, 3.8) is 0 Å². The van der Waals surface area contributed by atoms with E-state index >= 15 is 0 Å². The molecule has 134 valence electrons. The van der Waals surface area contributed by atoms with Crippen molar-refractivity contribution in [3.8, 4) is 0 Å². The molecule has 0 aromatic heterocycles. The number of ether oxygens (including phenoxy) is 1. The fourth-order valence-electron chi connectivity index (χ4n) is 1.63. The first-order valence-electron chi connectivity index (χ1n) is 7.64. The Kier molecular flexibility index (Phi) is 9.32. The number of hydrogen-bond acceptors (Lipinski definition) is 4. The molecule has 0 spiro atoms. The Hall–Kier alpha value is -0.0100. The molecule has 0 bridgehead atoms. The summed E-state index contributed by atoms with van der Waals surface area (Å²) in [7, 11) is 8.44. The molecule has 2 unspecified atom stereocenters. The Morgan fingerprint density at radius 2 is 1.50 bits per heavy atom. The molecule has 0 radical (unpaired) electrons. The standard InChI is InChI=1S/C14H34N2O5P/c1-15(2,3)8-11-20-14(7-10-17)13-22(18,19)21-12-9-16(4,5)6/h14,17H,7-13H2,1-6H3/q+1/p+1. The lowest BCUT2D eigenvalue weighted by Gasteiger charge is -2.26. The minimum atomic E-state index is -3.70. The number of aliphatic hydroxyl groups excluding tert-OH is 1. The van der Waals surface area contributed by atoms with Crippen molar-refractivity contribution in [1.82, 2.24) is 0 Å². The zero-order chi connectivity index (χ0) is 17.4. The average Bonchev–Trinajstić information content (AvgIpc) is 2.24. The minimum absolute atomic E-state index is 0.0755. The van der Waals surface area contributed by atoms with E-state index in [1.165, 1.54) is 0 Å². The summed E-state index contributed by atoms with van der Waals surface area (Å²) in [6.07, 6.45) is -0.209. The van der Waals surface area contributed by atoms with Gasteiger partial charge in [0, 0.05) is 6.61 Å². The van der Waals surface area contributed by atoms with Crippen molar-refractivity contribution in [2.45, 2.75) is 12.5 Å². The average molecular weight is 342 g/mol. The molecule has 0 amide bonds. The van der Waals surface area contributed by atoms with Crippen LogP contribution < -0.4 is 0 Å². The number of rotatable bonds is 12. The van der Waals surface area contributed by atoms with Crippen LogP contribution in [0.3, 0.4) is 0 Å². The van der Waals surface area contributed by atoms with Crippen LogP contribution in [0.15, 0.2) is 0 Å². The Morgan fingerprint density at radius 1 is 1.00 bits per heavy atom. The first-order chi connectivity index (χ1) is 9.85. The zero-order valence-electron chi connectivity index (χ0n) is 15.0. The molecule has 0 saturated heterocycles. The van der Waals surface area contributed by atoms with Gasteiger partial charge in [0.1, 0.15) is 19.7 Å². The Morgan fingerprint density at radius 3 is 1.95 bits per heavy atom. The van der Waals surface area contributed by atoms with Crippen molar-refractivity contribution >= 4 is 7.60 Å². The number of quaternary nitrogens is 2. The Bertz CT molecular complexity index is 352. The summed E-state index contributed by atoms with van der Waals surface area (Å²) < 4.78 is 24.3. The topological polar surface area (TPSA) is 76.0 Å². The first kappa shape index (κ1) is 22.0. The minimum Gasteiger partial charge on any atom is -0.396 e. The van der Waals surface area contributed by atoms with Gasteiger partial charge in [0.2, 0.25) is 0 Å². The third-order valence-corrected chi connectivity index (χ3v) is 4.51. The molecule has 2 N–H and O–H groups in total. The van der Waals surface area contributed by atoms with Crippen LogP contribution in [0.2, 0.25) is 0 Å². The molecule has 7 nitrogen and oxygen atoms in total. The third kappa shape index (κ3) is 13.6. The summed E-state index contributed by atoms with van der Waals surface area (Å²) in [6.45, 7) is 2.07. The number of nitrogens with zero attached hydrogens (tertiary/aromatic N) is 2. The van der Waals surface area contributed by atoms with Gasteiger partial charge in [0.25, 0.3) is 0 Å². The summed E-state index contributed by atoms with van der Waals surface area (Å²) >= 11 is 0. The lowest BCUT2D eigenvalue weighted by atomic mass is 10.3. The van der Waals surface area contributed by atoms with E-state index < -0.39 is 13.7 Å². The van der Waals surface area contributed by atoms with E-state index in [1.54, 1.807) is 0 Å². The van der Waals surface area contributed by atoms with Crippen LogP contribution >= 0.6 is 7.60 Å². The van der Waals surface area contributed by atoms with E-state index in [-0.39, 0.29) is 19.4 Å². The molecule has 0 fully saturated rings. The molecule has 0 aliphatic heterocycles. The number of aliphatic hydroxyl groups is 1. The molecule has 0 aromatic rings. The van der Waals surface area contributed by atoms with E-state index in [1.807, 2.05) is 21.1 Å². The third-order valence-electron chi connectivity index (χ3n) is 3.06. The molecule has 0 aliphatic rings. The van der Waals surface area contributed by atoms with Crippen molar-refractivity contribution in [2.24, 2.45) is 0 Å². The fraction of sp³-hybridized carbons (Fsp3) is 1.00. The molecule has 0 rings (SSSR count). The second kappa shape index (κ2) is 9.33. The van der Waals surface area contributed by atoms with Gasteiger partial charge in [-0.25, -0.2) is 0 Å². The maximum Gasteiger partial charge on any atom is 0.330 e. The van der Waals surface area contributed by atoms with Gasteiger partial charge in [0.05, 0.1) is 61.2 Å². The predicted octanol–water partition coefficient (Wildman–Crippen LogP) is 0.368. The number of hydrogen-bond donors (Lipinski definition) is 2. The highest BCUT2D eigenvalue weighted by Crippen LogP contribution is 2.43. The van der Waals surface area contributed by atoms with Gasteiger partial charge in [-0.05, 0) is 6.42 Å². The fourth-order valence-corrected chi connectivity index (χ4v) is 2.91. The summed E-state index contributed by atoms with van der Waals surface area (Å²) in [4.78, 5) is 9.93. The molecule has 8 heteroatoms. The second-order valence-electron chi connectivity index (χ2n) is 7.69. The summed E-state index contributed by atoms with van der Waals surface area (Å²) in [6, 6.07) is 0. The van der Waals surface area contributed by atoms with Gasteiger partial charge < -0.3 is 28.2 Å². The lowest BCUT2D eigenvalue weighted by molar-refractivity contribution is -0.870. The Labute approximate surface area is 135 Å².